The average Bonchev–Trinajstić information content (AvgIpc) is 3.50. The minimum atomic E-state index is -4.96. The number of carbonyl (C=O) groups excluding carboxylic acids is 1. The van der Waals surface area contributed by atoms with E-state index in [0.29, 0.717) is 0 Å². The van der Waals surface area contributed by atoms with Crippen molar-refractivity contribution in [2.24, 2.45) is 0 Å². The van der Waals surface area contributed by atoms with E-state index in [1.807, 2.05) is 0 Å². The summed E-state index contributed by atoms with van der Waals surface area (Å²) in [6.07, 6.45) is -2.77. The number of alkyl halides is 4. The lowest BCUT2D eigenvalue weighted by molar-refractivity contribution is -0.142. The molecule has 9 nitrogen and oxygen atoms in total. The predicted octanol–water partition coefficient (Wildman–Crippen LogP) is 4.77. The van der Waals surface area contributed by atoms with Crippen LogP contribution < -0.4 is 10.1 Å². The van der Waals surface area contributed by atoms with Gasteiger partial charge in [-0.2, -0.15) is 22.5 Å². The molecule has 1 unspecified atom stereocenters. The van der Waals surface area contributed by atoms with Gasteiger partial charge in [0.15, 0.2) is 5.69 Å². The molecule has 3 aromatic rings. The second-order valence-electron chi connectivity index (χ2n) is 8.10. The second-order valence-corrected chi connectivity index (χ2v) is 10.3. The number of hydrogen-bond acceptors (Lipinski definition) is 8. The van der Waals surface area contributed by atoms with Crippen LogP contribution in [0.1, 0.15) is 40.0 Å². The van der Waals surface area contributed by atoms with Crippen molar-refractivity contribution in [3.63, 3.8) is 0 Å². The van der Waals surface area contributed by atoms with E-state index in [1.165, 1.54) is 24.3 Å². The lowest BCUT2D eigenvalue weighted by Crippen LogP contribution is -2.21. The number of nitrogens with one attached hydrogen (secondary N) is 2. The SMILES string of the molecule is Cc1c(C(F)(F)F)nnc(Oc2ncc(C3(F)CC3)c(F)n2)c1C(=O)Nc1cccc(S(C)(=N)=O)c1. The molecule has 1 aliphatic carbocycles. The Morgan fingerprint density at radius 2 is 1.94 bits per heavy atom. The van der Waals surface area contributed by atoms with Crippen LogP contribution in [0.3, 0.4) is 0 Å². The summed E-state index contributed by atoms with van der Waals surface area (Å²) in [5.74, 6) is -3.11. The summed E-state index contributed by atoms with van der Waals surface area (Å²) in [4.78, 5) is 20.2. The molecule has 1 aromatic carbocycles. The third kappa shape index (κ3) is 5.10. The minimum Gasteiger partial charge on any atom is -0.403 e. The van der Waals surface area contributed by atoms with Crippen LogP contribution in [0, 0.1) is 17.7 Å². The van der Waals surface area contributed by atoms with Gasteiger partial charge in [-0.05, 0) is 43.5 Å². The van der Waals surface area contributed by atoms with Crippen molar-refractivity contribution >= 4 is 21.3 Å². The van der Waals surface area contributed by atoms with Gasteiger partial charge in [0, 0.05) is 23.0 Å². The molecule has 0 radical (unpaired) electrons. The van der Waals surface area contributed by atoms with Gasteiger partial charge < -0.3 is 10.1 Å². The highest BCUT2D eigenvalue weighted by Crippen LogP contribution is 2.50. The van der Waals surface area contributed by atoms with Crippen LogP contribution in [0.15, 0.2) is 35.4 Å². The quantitative estimate of drug-likeness (QED) is 0.348. The first kappa shape index (κ1) is 25.3. The monoisotopic (exact) mass is 528 g/mol. The number of nitrogens with zero attached hydrogens (tertiary/aromatic N) is 4. The molecular weight excluding hydrogens is 511 g/mol. The van der Waals surface area contributed by atoms with Gasteiger partial charge in [-0.3, -0.25) is 4.79 Å². The van der Waals surface area contributed by atoms with E-state index < -0.39 is 62.1 Å². The third-order valence-corrected chi connectivity index (χ3v) is 6.46. The molecule has 0 bridgehead atoms. The smallest absolute Gasteiger partial charge is 0.403 e. The first-order valence-electron chi connectivity index (χ1n) is 10.2. The molecule has 36 heavy (non-hydrogen) atoms. The standard InChI is InChI=1S/C21H17F5N6O3S/c1-10-14(17(33)29-11-4-3-5-12(8-11)36(2,27)34)18(32-31-15(10)21(24,25)26)35-19-28-9-13(16(22)30-19)20(23)6-7-20/h3-5,8-9,27H,6-7H2,1-2H3,(H,29,33). The maximum Gasteiger partial charge on any atom is 0.435 e. The van der Waals surface area contributed by atoms with Crippen molar-refractivity contribution in [3.8, 4) is 11.9 Å². The van der Waals surface area contributed by atoms with Crippen molar-refractivity contribution in [2.45, 2.75) is 36.5 Å². The molecule has 1 saturated carbocycles. The van der Waals surface area contributed by atoms with Crippen LogP contribution in [0.25, 0.3) is 0 Å². The van der Waals surface area contributed by atoms with E-state index in [1.54, 1.807) is 0 Å². The summed E-state index contributed by atoms with van der Waals surface area (Å²) >= 11 is 0. The number of rotatable bonds is 6. The summed E-state index contributed by atoms with van der Waals surface area (Å²) in [5, 5.41) is 8.75. The summed E-state index contributed by atoms with van der Waals surface area (Å²) in [6, 6.07) is 4.65. The molecule has 1 atom stereocenters. The zero-order valence-corrected chi connectivity index (χ0v) is 19.4. The number of carbonyl (C=O) groups is 1. The third-order valence-electron chi connectivity index (χ3n) is 5.30. The first-order chi connectivity index (χ1) is 16.7. The van der Waals surface area contributed by atoms with Gasteiger partial charge in [0.2, 0.25) is 5.95 Å². The highest BCUT2D eigenvalue weighted by atomic mass is 32.2. The Morgan fingerprint density at radius 1 is 1.25 bits per heavy atom. The first-order valence-corrected chi connectivity index (χ1v) is 12.2. The van der Waals surface area contributed by atoms with E-state index >= 15 is 0 Å². The predicted molar refractivity (Wildman–Crippen MR) is 115 cm³/mol. The minimum absolute atomic E-state index is 0.0272. The molecule has 0 spiro atoms. The highest BCUT2D eigenvalue weighted by Gasteiger charge is 2.48. The highest BCUT2D eigenvalue weighted by molar-refractivity contribution is 7.91. The summed E-state index contributed by atoms with van der Waals surface area (Å²) in [6.45, 7) is 0.961. The molecule has 0 aliphatic heterocycles. The van der Waals surface area contributed by atoms with E-state index in [0.717, 1.165) is 19.4 Å². The van der Waals surface area contributed by atoms with Gasteiger partial charge in [0.25, 0.3) is 11.8 Å². The largest absolute Gasteiger partial charge is 0.435 e. The molecule has 1 amide bonds. The van der Waals surface area contributed by atoms with Gasteiger partial charge in [-0.1, -0.05) is 6.07 Å². The van der Waals surface area contributed by atoms with Crippen molar-refractivity contribution in [2.75, 3.05) is 11.6 Å². The van der Waals surface area contributed by atoms with E-state index in [2.05, 4.69) is 25.5 Å². The Morgan fingerprint density at radius 3 is 2.53 bits per heavy atom. The van der Waals surface area contributed by atoms with E-state index in [4.69, 9.17) is 9.52 Å². The normalized spacial score (nSPS) is 16.2. The Balaban J connectivity index is 1.73. The van der Waals surface area contributed by atoms with Gasteiger partial charge in [-0.15, -0.1) is 10.2 Å². The Kier molecular flexibility index (Phi) is 6.14. The zero-order chi connectivity index (χ0) is 26.5. The molecule has 1 fully saturated rings. The topological polar surface area (TPSA) is 131 Å². The Hall–Kier alpha value is -3.75. The molecule has 2 aromatic heterocycles. The fourth-order valence-corrected chi connectivity index (χ4v) is 3.97. The van der Waals surface area contributed by atoms with Crippen LogP contribution in [0.4, 0.5) is 27.6 Å². The van der Waals surface area contributed by atoms with Crippen LogP contribution in [-0.4, -0.2) is 36.5 Å². The van der Waals surface area contributed by atoms with Crippen LogP contribution >= 0.6 is 0 Å². The molecule has 2 N–H and O–H groups in total. The molecule has 4 rings (SSSR count). The maximum absolute atomic E-state index is 14.3. The molecular formula is C21H17F5N6O3S. The Bertz CT molecular complexity index is 1480. The van der Waals surface area contributed by atoms with Crippen LogP contribution in [0.2, 0.25) is 0 Å². The summed E-state index contributed by atoms with van der Waals surface area (Å²) in [7, 11) is -3.15. The Labute approximate surface area is 201 Å². The van der Waals surface area contributed by atoms with Crippen LogP contribution in [-0.2, 0) is 21.6 Å². The van der Waals surface area contributed by atoms with Crippen molar-refractivity contribution in [3.05, 3.63) is 58.8 Å². The van der Waals surface area contributed by atoms with Crippen molar-refractivity contribution in [1.29, 1.82) is 4.78 Å². The maximum atomic E-state index is 14.3. The molecule has 1 aliphatic rings. The lowest BCUT2D eigenvalue weighted by Gasteiger charge is -2.16. The lowest BCUT2D eigenvalue weighted by atomic mass is 10.1. The number of hydrogen-bond donors (Lipinski definition) is 2. The van der Waals surface area contributed by atoms with Crippen LogP contribution in [0.5, 0.6) is 11.9 Å². The number of benzene rings is 1. The molecule has 15 heteroatoms. The van der Waals surface area contributed by atoms with Crippen molar-refractivity contribution in [1.82, 2.24) is 20.2 Å². The van der Waals surface area contributed by atoms with Gasteiger partial charge in [-0.25, -0.2) is 18.4 Å². The summed E-state index contributed by atoms with van der Waals surface area (Å²) < 4.78 is 93.6. The number of aromatic nitrogens is 4. The zero-order valence-electron chi connectivity index (χ0n) is 18.6. The fraction of sp³-hybridized carbons (Fsp3) is 0.286. The van der Waals surface area contributed by atoms with Gasteiger partial charge >= 0.3 is 12.2 Å². The van der Waals surface area contributed by atoms with E-state index in [-0.39, 0.29) is 29.0 Å². The second kappa shape index (κ2) is 8.72. The van der Waals surface area contributed by atoms with Crippen molar-refractivity contribution < 1.29 is 35.7 Å². The molecule has 2 heterocycles. The molecule has 0 saturated heterocycles. The number of amides is 1. The van der Waals surface area contributed by atoms with Gasteiger partial charge in [0.1, 0.15) is 11.2 Å². The number of ether oxygens (including phenoxy) is 1. The molecule has 190 valence electrons. The number of halogens is 5. The van der Waals surface area contributed by atoms with E-state index in [9.17, 15) is 31.0 Å². The fourth-order valence-electron chi connectivity index (χ4n) is 3.28. The summed E-state index contributed by atoms with van der Waals surface area (Å²) in [5.41, 5.74) is -5.06. The van der Waals surface area contributed by atoms with Gasteiger partial charge in [0.05, 0.1) is 15.3 Å². The number of anilines is 1. The average molecular weight is 528 g/mol.